The lowest BCUT2D eigenvalue weighted by Crippen LogP contribution is -2.38. The van der Waals surface area contributed by atoms with E-state index in [1.54, 1.807) is 0 Å². The van der Waals surface area contributed by atoms with Crippen molar-refractivity contribution in [3.63, 3.8) is 0 Å². The molecule has 0 radical (unpaired) electrons. The summed E-state index contributed by atoms with van der Waals surface area (Å²) in [7, 11) is 0. The first-order valence-corrected chi connectivity index (χ1v) is 9.28. The van der Waals surface area contributed by atoms with Crippen LogP contribution >= 0.6 is 0 Å². The number of unbranched alkanes of at least 4 members (excludes halogenated alkanes) is 1. The van der Waals surface area contributed by atoms with Gasteiger partial charge in [-0.15, -0.1) is 0 Å². The zero-order chi connectivity index (χ0) is 14.9. The SMILES string of the molecule is CCCCC1CCC(NC(=O)CCC2CCNCC2)CC1. The van der Waals surface area contributed by atoms with Crippen molar-refractivity contribution in [3.05, 3.63) is 0 Å². The number of rotatable bonds is 7. The molecule has 1 heterocycles. The highest BCUT2D eigenvalue weighted by Gasteiger charge is 2.22. The Kier molecular flexibility index (Phi) is 7.56. The van der Waals surface area contributed by atoms with Gasteiger partial charge >= 0.3 is 0 Å². The summed E-state index contributed by atoms with van der Waals surface area (Å²) < 4.78 is 0. The molecule has 21 heavy (non-hydrogen) atoms. The molecule has 3 nitrogen and oxygen atoms in total. The number of amides is 1. The Labute approximate surface area is 130 Å². The molecule has 3 heteroatoms. The van der Waals surface area contributed by atoms with E-state index in [0.29, 0.717) is 11.9 Å². The molecule has 2 fully saturated rings. The molecule has 1 aliphatic heterocycles. The lowest BCUT2D eigenvalue weighted by atomic mass is 9.83. The van der Waals surface area contributed by atoms with Gasteiger partial charge < -0.3 is 10.6 Å². The zero-order valence-corrected chi connectivity index (χ0v) is 13.8. The van der Waals surface area contributed by atoms with Gasteiger partial charge in [0, 0.05) is 12.5 Å². The van der Waals surface area contributed by atoms with Crippen molar-refractivity contribution < 1.29 is 4.79 Å². The molecule has 2 rings (SSSR count). The summed E-state index contributed by atoms with van der Waals surface area (Å²) in [5.41, 5.74) is 0. The molecule has 1 amide bonds. The third-order valence-electron chi connectivity index (χ3n) is 5.42. The van der Waals surface area contributed by atoms with Crippen LogP contribution < -0.4 is 10.6 Å². The summed E-state index contributed by atoms with van der Waals surface area (Å²) in [5, 5.41) is 6.67. The first-order chi connectivity index (χ1) is 10.3. The molecular weight excluding hydrogens is 260 g/mol. The van der Waals surface area contributed by atoms with Crippen LogP contribution in [-0.4, -0.2) is 25.0 Å². The van der Waals surface area contributed by atoms with Crippen LogP contribution in [0.4, 0.5) is 0 Å². The fraction of sp³-hybridized carbons (Fsp3) is 0.944. The Balaban J connectivity index is 1.56. The van der Waals surface area contributed by atoms with Gasteiger partial charge in [0.1, 0.15) is 0 Å². The molecule has 0 atom stereocenters. The van der Waals surface area contributed by atoms with Gasteiger partial charge in [-0.05, 0) is 69.9 Å². The quantitative estimate of drug-likeness (QED) is 0.753. The average Bonchev–Trinajstić information content (AvgIpc) is 2.53. The second-order valence-electron chi connectivity index (χ2n) is 7.16. The third kappa shape index (κ3) is 6.37. The average molecular weight is 294 g/mol. The fourth-order valence-corrected chi connectivity index (χ4v) is 3.89. The molecule has 0 aromatic carbocycles. The lowest BCUT2D eigenvalue weighted by molar-refractivity contribution is -0.122. The predicted molar refractivity (Wildman–Crippen MR) is 88.2 cm³/mol. The summed E-state index contributed by atoms with van der Waals surface area (Å²) in [4.78, 5) is 12.1. The second-order valence-corrected chi connectivity index (χ2v) is 7.16. The van der Waals surface area contributed by atoms with Crippen LogP contribution in [-0.2, 0) is 4.79 Å². The van der Waals surface area contributed by atoms with E-state index in [1.807, 2.05) is 0 Å². The molecule has 0 aromatic heterocycles. The number of carbonyl (C=O) groups is 1. The Morgan fingerprint density at radius 3 is 2.33 bits per heavy atom. The van der Waals surface area contributed by atoms with Crippen molar-refractivity contribution in [2.24, 2.45) is 11.8 Å². The highest BCUT2D eigenvalue weighted by molar-refractivity contribution is 5.76. The van der Waals surface area contributed by atoms with E-state index in [2.05, 4.69) is 17.6 Å². The van der Waals surface area contributed by atoms with E-state index in [9.17, 15) is 4.79 Å². The second kappa shape index (κ2) is 9.45. The predicted octanol–water partition coefficient (Wildman–Crippen LogP) is 3.63. The number of hydrogen-bond donors (Lipinski definition) is 2. The normalized spacial score (nSPS) is 27.5. The Hall–Kier alpha value is -0.570. The van der Waals surface area contributed by atoms with Gasteiger partial charge in [-0.25, -0.2) is 0 Å². The van der Waals surface area contributed by atoms with Crippen LogP contribution in [0.2, 0.25) is 0 Å². The number of nitrogens with one attached hydrogen (secondary N) is 2. The van der Waals surface area contributed by atoms with Gasteiger partial charge in [0.2, 0.25) is 5.91 Å². The van der Waals surface area contributed by atoms with Crippen LogP contribution in [0, 0.1) is 11.8 Å². The van der Waals surface area contributed by atoms with E-state index >= 15 is 0 Å². The topological polar surface area (TPSA) is 41.1 Å². The van der Waals surface area contributed by atoms with E-state index < -0.39 is 0 Å². The van der Waals surface area contributed by atoms with Gasteiger partial charge in [0.15, 0.2) is 0 Å². The van der Waals surface area contributed by atoms with Crippen LogP contribution in [0.1, 0.15) is 77.6 Å². The smallest absolute Gasteiger partial charge is 0.220 e. The molecule has 2 aliphatic rings. The van der Waals surface area contributed by atoms with Crippen molar-refractivity contribution in [1.82, 2.24) is 10.6 Å². The standard InChI is InChI=1S/C18H34N2O/c1-2-3-4-15-5-8-17(9-6-15)20-18(21)10-7-16-11-13-19-14-12-16/h15-17,19H,2-14H2,1H3,(H,20,21). The zero-order valence-electron chi connectivity index (χ0n) is 13.8. The fourth-order valence-electron chi connectivity index (χ4n) is 3.89. The van der Waals surface area contributed by atoms with E-state index in [4.69, 9.17) is 0 Å². The van der Waals surface area contributed by atoms with Crippen LogP contribution in [0.15, 0.2) is 0 Å². The Morgan fingerprint density at radius 2 is 1.67 bits per heavy atom. The largest absolute Gasteiger partial charge is 0.353 e. The van der Waals surface area contributed by atoms with Crippen LogP contribution in [0.25, 0.3) is 0 Å². The highest BCUT2D eigenvalue weighted by Crippen LogP contribution is 2.28. The van der Waals surface area contributed by atoms with Crippen molar-refractivity contribution >= 4 is 5.91 Å². The third-order valence-corrected chi connectivity index (χ3v) is 5.42. The molecule has 0 unspecified atom stereocenters. The minimum atomic E-state index is 0.297. The minimum Gasteiger partial charge on any atom is -0.353 e. The molecule has 1 saturated heterocycles. The summed E-state index contributed by atoms with van der Waals surface area (Å²) in [6.07, 6.45) is 13.4. The molecule has 1 aliphatic carbocycles. The molecule has 0 bridgehead atoms. The molecular formula is C18H34N2O. The lowest BCUT2D eigenvalue weighted by Gasteiger charge is -2.29. The van der Waals surface area contributed by atoms with E-state index in [0.717, 1.165) is 37.8 Å². The molecule has 0 spiro atoms. The van der Waals surface area contributed by atoms with E-state index in [1.165, 1.54) is 57.8 Å². The van der Waals surface area contributed by atoms with Gasteiger partial charge in [-0.3, -0.25) is 4.79 Å². The van der Waals surface area contributed by atoms with Gasteiger partial charge in [0.05, 0.1) is 0 Å². The van der Waals surface area contributed by atoms with Crippen molar-refractivity contribution in [3.8, 4) is 0 Å². The van der Waals surface area contributed by atoms with Gasteiger partial charge in [0.25, 0.3) is 0 Å². The maximum absolute atomic E-state index is 12.1. The van der Waals surface area contributed by atoms with Crippen molar-refractivity contribution in [2.75, 3.05) is 13.1 Å². The Morgan fingerprint density at radius 1 is 1.00 bits per heavy atom. The first-order valence-electron chi connectivity index (χ1n) is 9.28. The van der Waals surface area contributed by atoms with Crippen LogP contribution in [0.5, 0.6) is 0 Å². The highest BCUT2D eigenvalue weighted by atomic mass is 16.1. The van der Waals surface area contributed by atoms with E-state index in [-0.39, 0.29) is 0 Å². The first kappa shape index (κ1) is 16.8. The molecule has 0 aromatic rings. The monoisotopic (exact) mass is 294 g/mol. The van der Waals surface area contributed by atoms with Gasteiger partial charge in [-0.2, -0.15) is 0 Å². The van der Waals surface area contributed by atoms with Crippen molar-refractivity contribution in [2.45, 2.75) is 83.6 Å². The van der Waals surface area contributed by atoms with Crippen LogP contribution in [0.3, 0.4) is 0 Å². The summed E-state index contributed by atoms with van der Waals surface area (Å²) >= 11 is 0. The summed E-state index contributed by atoms with van der Waals surface area (Å²) in [6.45, 7) is 4.54. The Bertz CT molecular complexity index is 292. The molecule has 1 saturated carbocycles. The summed E-state index contributed by atoms with van der Waals surface area (Å²) in [6, 6.07) is 0.461. The maximum atomic E-state index is 12.1. The number of hydrogen-bond acceptors (Lipinski definition) is 2. The number of piperidine rings is 1. The molecule has 2 N–H and O–H groups in total. The summed E-state index contributed by atoms with van der Waals surface area (Å²) in [5.74, 6) is 1.99. The van der Waals surface area contributed by atoms with Gasteiger partial charge in [-0.1, -0.05) is 26.2 Å². The maximum Gasteiger partial charge on any atom is 0.220 e. The molecule has 122 valence electrons. The van der Waals surface area contributed by atoms with Crippen molar-refractivity contribution in [1.29, 1.82) is 0 Å². The minimum absolute atomic E-state index is 0.297. The number of carbonyl (C=O) groups excluding carboxylic acids is 1.